The van der Waals surface area contributed by atoms with Crippen LogP contribution in [0.1, 0.15) is 19.7 Å². The normalized spacial score (nSPS) is 12.0. The van der Waals surface area contributed by atoms with E-state index in [-0.39, 0.29) is 5.02 Å². The smallest absolute Gasteiger partial charge is 0.144 e. The Morgan fingerprint density at radius 2 is 2.10 bits per heavy atom. The van der Waals surface area contributed by atoms with Crippen molar-refractivity contribution in [1.82, 2.24) is 14.5 Å². The largest absolute Gasteiger partial charge is 0.327 e. The van der Waals surface area contributed by atoms with Crippen LogP contribution in [0.4, 0.5) is 4.39 Å². The molecule has 0 saturated heterocycles. The van der Waals surface area contributed by atoms with Crippen LogP contribution in [0.15, 0.2) is 12.1 Å². The van der Waals surface area contributed by atoms with E-state index >= 15 is 0 Å². The van der Waals surface area contributed by atoms with Gasteiger partial charge in [0.1, 0.15) is 11.6 Å². The third-order valence-corrected chi connectivity index (χ3v) is 4.22. The van der Waals surface area contributed by atoms with Crippen molar-refractivity contribution < 1.29 is 4.39 Å². The van der Waals surface area contributed by atoms with Gasteiger partial charge in [0.05, 0.1) is 16.1 Å². The van der Waals surface area contributed by atoms with Crippen LogP contribution in [0.3, 0.4) is 0 Å². The first-order valence-electron chi connectivity index (χ1n) is 7.04. The maximum atomic E-state index is 13.6. The van der Waals surface area contributed by atoms with Gasteiger partial charge in [-0.05, 0) is 27.0 Å². The number of alkyl halides is 1. The molecule has 2 aromatic rings. The number of nitrogens with zero attached hydrogens (tertiary/aromatic N) is 3. The summed E-state index contributed by atoms with van der Waals surface area (Å²) in [7, 11) is 2.08. The van der Waals surface area contributed by atoms with Crippen LogP contribution in [-0.4, -0.2) is 40.0 Å². The molecule has 0 radical (unpaired) electrons. The molecule has 0 saturated carbocycles. The Morgan fingerprint density at radius 3 is 2.71 bits per heavy atom. The summed E-state index contributed by atoms with van der Waals surface area (Å²) in [6.45, 7) is 5.96. The van der Waals surface area contributed by atoms with E-state index in [4.69, 9.17) is 23.2 Å². The first-order valence-corrected chi connectivity index (χ1v) is 7.95. The van der Waals surface area contributed by atoms with E-state index in [9.17, 15) is 4.39 Å². The zero-order chi connectivity index (χ0) is 15.6. The Bertz CT molecular complexity index is 625. The van der Waals surface area contributed by atoms with Crippen LogP contribution >= 0.6 is 23.2 Å². The molecule has 0 bridgehead atoms. The molecule has 0 fully saturated rings. The summed E-state index contributed by atoms with van der Waals surface area (Å²) in [5, 5.41) is 0.123. The number of likely N-dealkylation sites (N-methyl/N-ethyl adjacent to an activating group) is 1. The summed E-state index contributed by atoms with van der Waals surface area (Å²) in [4.78, 5) is 6.74. The highest BCUT2D eigenvalue weighted by Crippen LogP contribution is 2.24. The Labute approximate surface area is 134 Å². The van der Waals surface area contributed by atoms with Crippen LogP contribution in [0, 0.1) is 5.82 Å². The standard InChI is InChI=1S/C15H20Cl2FN3/c1-10(2)20(3)6-7-21-14-8-11(17)12(18)9-13(14)19-15(21)4-5-16/h8-10H,4-7H2,1-3H3. The maximum absolute atomic E-state index is 13.6. The number of benzene rings is 1. The van der Waals surface area contributed by atoms with Gasteiger partial charge in [0.15, 0.2) is 0 Å². The molecule has 0 amide bonds. The van der Waals surface area contributed by atoms with Crippen molar-refractivity contribution in [2.45, 2.75) is 32.9 Å². The number of fused-ring (bicyclic) bond motifs is 1. The van der Waals surface area contributed by atoms with Crippen molar-refractivity contribution in [1.29, 1.82) is 0 Å². The van der Waals surface area contributed by atoms with Gasteiger partial charge in [0.2, 0.25) is 0 Å². The number of imidazole rings is 1. The fraction of sp³-hybridized carbons (Fsp3) is 0.533. The Kier molecular flexibility index (Phi) is 5.47. The van der Waals surface area contributed by atoms with Gasteiger partial charge in [0.25, 0.3) is 0 Å². The number of hydrogen-bond donors (Lipinski definition) is 0. The van der Waals surface area contributed by atoms with Crippen LogP contribution in [0.25, 0.3) is 11.0 Å². The molecule has 0 unspecified atom stereocenters. The number of halogens is 3. The first kappa shape index (κ1) is 16.5. The molecular formula is C15H20Cl2FN3. The van der Waals surface area contributed by atoms with Gasteiger partial charge < -0.3 is 9.47 Å². The second-order valence-corrected chi connectivity index (χ2v) is 6.23. The van der Waals surface area contributed by atoms with E-state index in [0.717, 1.165) is 24.4 Å². The molecule has 116 valence electrons. The van der Waals surface area contributed by atoms with Crippen molar-refractivity contribution in [2.75, 3.05) is 19.5 Å². The minimum Gasteiger partial charge on any atom is -0.327 e. The zero-order valence-electron chi connectivity index (χ0n) is 12.5. The second kappa shape index (κ2) is 6.95. The molecule has 6 heteroatoms. The SMILES string of the molecule is CC(C)N(C)CCn1c(CCCl)nc2cc(F)c(Cl)cc21. The van der Waals surface area contributed by atoms with Gasteiger partial charge in [-0.25, -0.2) is 9.37 Å². The maximum Gasteiger partial charge on any atom is 0.144 e. The summed E-state index contributed by atoms with van der Waals surface area (Å²) in [5.41, 5.74) is 1.49. The summed E-state index contributed by atoms with van der Waals surface area (Å²) < 4.78 is 15.7. The number of hydrogen-bond acceptors (Lipinski definition) is 2. The van der Waals surface area contributed by atoms with E-state index in [1.165, 1.54) is 6.07 Å². The van der Waals surface area contributed by atoms with E-state index < -0.39 is 5.82 Å². The molecule has 1 aromatic carbocycles. The molecule has 0 atom stereocenters. The molecule has 0 aliphatic heterocycles. The quantitative estimate of drug-likeness (QED) is 0.747. The molecule has 2 rings (SSSR count). The van der Waals surface area contributed by atoms with E-state index in [1.807, 2.05) is 0 Å². The third kappa shape index (κ3) is 3.68. The van der Waals surface area contributed by atoms with Crippen molar-refractivity contribution in [3.63, 3.8) is 0 Å². The predicted molar refractivity (Wildman–Crippen MR) is 86.9 cm³/mol. The first-order chi connectivity index (χ1) is 9.93. The van der Waals surface area contributed by atoms with Crippen LogP contribution in [-0.2, 0) is 13.0 Å². The molecule has 0 spiro atoms. The van der Waals surface area contributed by atoms with Gasteiger partial charge in [-0.2, -0.15) is 0 Å². The lowest BCUT2D eigenvalue weighted by atomic mass is 10.3. The van der Waals surface area contributed by atoms with Gasteiger partial charge in [-0.15, -0.1) is 11.6 Å². The Morgan fingerprint density at radius 1 is 1.38 bits per heavy atom. The molecule has 21 heavy (non-hydrogen) atoms. The lowest BCUT2D eigenvalue weighted by Crippen LogP contribution is -2.30. The van der Waals surface area contributed by atoms with Gasteiger partial charge in [-0.3, -0.25) is 0 Å². The Balaban J connectivity index is 2.38. The molecular weight excluding hydrogens is 312 g/mol. The minimum absolute atomic E-state index is 0.123. The summed E-state index contributed by atoms with van der Waals surface area (Å²) in [5.74, 6) is 0.920. The van der Waals surface area contributed by atoms with Crippen LogP contribution in [0.2, 0.25) is 5.02 Å². The zero-order valence-corrected chi connectivity index (χ0v) is 14.0. The molecule has 0 N–H and O–H groups in total. The predicted octanol–water partition coefficient (Wildman–Crippen LogP) is 3.95. The fourth-order valence-electron chi connectivity index (χ4n) is 2.21. The van der Waals surface area contributed by atoms with Gasteiger partial charge in [0, 0.05) is 37.5 Å². The lowest BCUT2D eigenvalue weighted by molar-refractivity contribution is 0.263. The lowest BCUT2D eigenvalue weighted by Gasteiger charge is -2.21. The van der Waals surface area contributed by atoms with Gasteiger partial charge >= 0.3 is 0 Å². The average molecular weight is 332 g/mol. The fourth-order valence-corrected chi connectivity index (χ4v) is 2.54. The van der Waals surface area contributed by atoms with E-state index in [2.05, 4.69) is 35.3 Å². The second-order valence-electron chi connectivity index (χ2n) is 5.45. The summed E-state index contributed by atoms with van der Waals surface area (Å²) in [6.07, 6.45) is 0.654. The average Bonchev–Trinajstić information content (AvgIpc) is 2.74. The summed E-state index contributed by atoms with van der Waals surface area (Å²) in [6, 6.07) is 3.50. The van der Waals surface area contributed by atoms with Crippen molar-refractivity contribution in [3.05, 3.63) is 28.8 Å². The highest BCUT2D eigenvalue weighted by molar-refractivity contribution is 6.31. The van der Waals surface area contributed by atoms with Crippen LogP contribution in [0.5, 0.6) is 0 Å². The molecule has 1 aromatic heterocycles. The highest BCUT2D eigenvalue weighted by atomic mass is 35.5. The van der Waals surface area contributed by atoms with E-state index in [1.54, 1.807) is 6.07 Å². The van der Waals surface area contributed by atoms with E-state index in [0.29, 0.717) is 23.9 Å². The molecule has 0 aliphatic rings. The minimum atomic E-state index is -0.439. The molecule has 3 nitrogen and oxygen atoms in total. The Hall–Kier alpha value is -0.840. The van der Waals surface area contributed by atoms with Crippen molar-refractivity contribution >= 4 is 34.2 Å². The monoisotopic (exact) mass is 331 g/mol. The number of rotatable bonds is 6. The van der Waals surface area contributed by atoms with Crippen molar-refractivity contribution in [2.24, 2.45) is 0 Å². The highest BCUT2D eigenvalue weighted by Gasteiger charge is 2.14. The molecule has 1 heterocycles. The van der Waals surface area contributed by atoms with Gasteiger partial charge in [-0.1, -0.05) is 11.6 Å². The number of aryl methyl sites for hydroxylation is 1. The number of aromatic nitrogens is 2. The topological polar surface area (TPSA) is 21.1 Å². The summed E-state index contributed by atoms with van der Waals surface area (Å²) >= 11 is 11.8. The third-order valence-electron chi connectivity index (χ3n) is 3.75. The van der Waals surface area contributed by atoms with Crippen molar-refractivity contribution in [3.8, 4) is 0 Å². The molecule has 0 aliphatic carbocycles. The van der Waals surface area contributed by atoms with Crippen LogP contribution < -0.4 is 0 Å².